The molecule has 1 aromatic rings. The number of hydrogen-bond acceptors (Lipinski definition) is 1. The third-order valence-corrected chi connectivity index (χ3v) is 1.87. The first-order valence-electron chi connectivity index (χ1n) is 4.09. The topological polar surface area (TPSA) is 47.9 Å². The molecule has 1 atom stereocenters. The fraction of sp³-hybridized carbons (Fsp3) is 0.333. The lowest BCUT2D eigenvalue weighted by atomic mass is 10.1. The van der Waals surface area contributed by atoms with Gasteiger partial charge in [0, 0.05) is 0 Å². The number of aliphatic hydroxyl groups excluding tert-OH is 1. The van der Waals surface area contributed by atoms with E-state index in [0.29, 0.717) is 0 Å². The van der Waals surface area contributed by atoms with Gasteiger partial charge in [-0.15, -0.1) is 0 Å². The molecule has 4 N–H and O–H groups in total. The lowest BCUT2D eigenvalue weighted by molar-refractivity contribution is -0.385. The van der Waals surface area contributed by atoms with Crippen molar-refractivity contribution in [1.82, 2.24) is 0 Å². The van der Waals surface area contributed by atoms with Crippen molar-refractivity contribution in [3.63, 3.8) is 0 Å². The number of alkyl halides is 3. The number of rotatable bonds is 2. The van der Waals surface area contributed by atoms with Crippen molar-refractivity contribution >= 4 is 0 Å². The molecule has 1 rings (SSSR count). The standard InChI is InChI=1S/C9H10F3NO/c10-9(11,12)7-3-1-2-6(4-7)8(14)5-13/h1-4,8,14H,5,13H2/p+1/t8-/m1/s1. The first-order valence-corrected chi connectivity index (χ1v) is 4.09. The minimum atomic E-state index is -4.36. The first-order chi connectivity index (χ1) is 6.45. The fourth-order valence-corrected chi connectivity index (χ4v) is 1.09. The molecule has 0 bridgehead atoms. The largest absolute Gasteiger partial charge is 0.416 e. The zero-order chi connectivity index (χ0) is 10.8. The van der Waals surface area contributed by atoms with Crippen LogP contribution in [-0.2, 0) is 6.18 Å². The predicted molar refractivity (Wildman–Crippen MR) is 44.2 cm³/mol. The summed E-state index contributed by atoms with van der Waals surface area (Å²) in [7, 11) is 0. The minimum absolute atomic E-state index is 0.154. The molecule has 0 unspecified atom stereocenters. The van der Waals surface area contributed by atoms with E-state index in [9.17, 15) is 18.3 Å². The second kappa shape index (κ2) is 3.98. The first kappa shape index (κ1) is 11.0. The summed E-state index contributed by atoms with van der Waals surface area (Å²) < 4.78 is 36.7. The average molecular weight is 206 g/mol. The van der Waals surface area contributed by atoms with E-state index in [2.05, 4.69) is 5.73 Å². The number of halogens is 3. The molecule has 0 aliphatic rings. The molecule has 5 heteroatoms. The van der Waals surface area contributed by atoms with Gasteiger partial charge >= 0.3 is 6.18 Å². The van der Waals surface area contributed by atoms with Gasteiger partial charge in [0.25, 0.3) is 0 Å². The Balaban J connectivity index is 3.01. The van der Waals surface area contributed by atoms with E-state index in [1.807, 2.05) is 0 Å². The Morgan fingerprint density at radius 3 is 2.50 bits per heavy atom. The molecule has 0 heterocycles. The van der Waals surface area contributed by atoms with Crippen LogP contribution in [0.2, 0.25) is 0 Å². The molecular formula is C9H11F3NO+. The lowest BCUT2D eigenvalue weighted by Gasteiger charge is -2.10. The molecule has 0 spiro atoms. The molecule has 0 amide bonds. The second-order valence-electron chi connectivity index (χ2n) is 2.93. The van der Waals surface area contributed by atoms with Gasteiger partial charge in [-0.1, -0.05) is 12.1 Å². The molecule has 0 aliphatic heterocycles. The molecule has 0 saturated heterocycles. The van der Waals surface area contributed by atoms with Gasteiger partial charge in [0.15, 0.2) is 0 Å². The van der Waals surface area contributed by atoms with Gasteiger partial charge in [-0.05, 0) is 17.7 Å². The van der Waals surface area contributed by atoms with E-state index >= 15 is 0 Å². The second-order valence-corrected chi connectivity index (χ2v) is 2.93. The van der Waals surface area contributed by atoms with Gasteiger partial charge in [-0.3, -0.25) is 0 Å². The van der Waals surface area contributed by atoms with Crippen LogP contribution < -0.4 is 5.73 Å². The summed E-state index contributed by atoms with van der Waals surface area (Å²) in [4.78, 5) is 0. The third kappa shape index (κ3) is 2.46. The van der Waals surface area contributed by atoms with Crippen molar-refractivity contribution in [3.05, 3.63) is 35.4 Å². The highest BCUT2D eigenvalue weighted by Crippen LogP contribution is 2.30. The predicted octanol–water partition coefficient (Wildman–Crippen LogP) is 0.981. The van der Waals surface area contributed by atoms with Gasteiger partial charge in [0.05, 0.1) is 5.56 Å². The van der Waals surface area contributed by atoms with Crippen LogP contribution in [0, 0.1) is 0 Å². The highest BCUT2D eigenvalue weighted by molar-refractivity contribution is 5.27. The summed E-state index contributed by atoms with van der Waals surface area (Å²) in [6, 6.07) is 4.64. The summed E-state index contributed by atoms with van der Waals surface area (Å²) in [6.07, 6.45) is -5.30. The van der Waals surface area contributed by atoms with E-state index in [1.165, 1.54) is 12.1 Å². The Morgan fingerprint density at radius 1 is 1.36 bits per heavy atom. The minimum Gasteiger partial charge on any atom is -0.382 e. The number of hydrogen-bond donors (Lipinski definition) is 2. The van der Waals surface area contributed by atoms with Crippen LogP contribution in [0.5, 0.6) is 0 Å². The summed E-state index contributed by atoms with van der Waals surface area (Å²) in [5, 5.41) is 9.29. The molecule has 2 nitrogen and oxygen atoms in total. The van der Waals surface area contributed by atoms with E-state index in [0.717, 1.165) is 12.1 Å². The van der Waals surface area contributed by atoms with Crippen LogP contribution >= 0.6 is 0 Å². The van der Waals surface area contributed by atoms with Crippen LogP contribution in [0.15, 0.2) is 24.3 Å². The molecule has 0 aromatic heterocycles. The van der Waals surface area contributed by atoms with Gasteiger partial charge in [0.1, 0.15) is 12.6 Å². The number of benzene rings is 1. The molecular weight excluding hydrogens is 195 g/mol. The highest BCUT2D eigenvalue weighted by Gasteiger charge is 2.30. The van der Waals surface area contributed by atoms with E-state index < -0.39 is 17.8 Å². The Labute approximate surface area is 79.2 Å². The van der Waals surface area contributed by atoms with E-state index in [4.69, 9.17) is 0 Å². The van der Waals surface area contributed by atoms with E-state index in [-0.39, 0.29) is 12.1 Å². The number of quaternary nitrogens is 1. The van der Waals surface area contributed by atoms with Crippen LogP contribution in [0.3, 0.4) is 0 Å². The monoisotopic (exact) mass is 206 g/mol. The van der Waals surface area contributed by atoms with E-state index in [1.54, 1.807) is 0 Å². The Morgan fingerprint density at radius 2 is 2.00 bits per heavy atom. The van der Waals surface area contributed by atoms with Crippen LogP contribution in [-0.4, -0.2) is 11.7 Å². The maximum Gasteiger partial charge on any atom is 0.416 e. The van der Waals surface area contributed by atoms with Crippen molar-refractivity contribution < 1.29 is 24.0 Å². The zero-order valence-corrected chi connectivity index (χ0v) is 7.38. The van der Waals surface area contributed by atoms with Gasteiger partial charge < -0.3 is 10.8 Å². The molecule has 14 heavy (non-hydrogen) atoms. The summed E-state index contributed by atoms with van der Waals surface area (Å²) in [5.41, 5.74) is 2.92. The summed E-state index contributed by atoms with van der Waals surface area (Å²) in [6.45, 7) is 0.154. The SMILES string of the molecule is [NH3+]C[C@@H](O)c1cccc(C(F)(F)F)c1. The molecule has 0 fully saturated rings. The zero-order valence-electron chi connectivity index (χ0n) is 7.38. The van der Waals surface area contributed by atoms with Crippen LogP contribution in [0.1, 0.15) is 17.2 Å². The summed E-state index contributed by atoms with van der Waals surface area (Å²) >= 11 is 0. The van der Waals surface area contributed by atoms with Gasteiger partial charge in [0.2, 0.25) is 0 Å². The van der Waals surface area contributed by atoms with Crippen LogP contribution in [0.4, 0.5) is 13.2 Å². The molecule has 0 aliphatic carbocycles. The maximum absolute atomic E-state index is 12.2. The Kier molecular flexibility index (Phi) is 3.13. The Bertz CT molecular complexity index is 311. The number of aliphatic hydroxyl groups is 1. The lowest BCUT2D eigenvalue weighted by Crippen LogP contribution is -2.52. The maximum atomic E-state index is 12.2. The molecule has 0 radical (unpaired) electrons. The van der Waals surface area contributed by atoms with Crippen molar-refractivity contribution in [2.45, 2.75) is 12.3 Å². The molecule has 78 valence electrons. The smallest absolute Gasteiger partial charge is 0.382 e. The molecule has 1 aromatic carbocycles. The average Bonchev–Trinajstić information content (AvgIpc) is 2.15. The van der Waals surface area contributed by atoms with Gasteiger partial charge in [-0.2, -0.15) is 13.2 Å². The molecule has 0 saturated carbocycles. The third-order valence-electron chi connectivity index (χ3n) is 1.87. The highest BCUT2D eigenvalue weighted by atomic mass is 19.4. The van der Waals surface area contributed by atoms with Crippen molar-refractivity contribution in [2.75, 3.05) is 6.54 Å². The fourth-order valence-electron chi connectivity index (χ4n) is 1.09. The van der Waals surface area contributed by atoms with Gasteiger partial charge in [-0.25, -0.2) is 0 Å². The van der Waals surface area contributed by atoms with Crippen molar-refractivity contribution in [2.24, 2.45) is 0 Å². The van der Waals surface area contributed by atoms with Crippen molar-refractivity contribution in [1.29, 1.82) is 0 Å². The normalized spacial score (nSPS) is 14.1. The summed E-state index contributed by atoms with van der Waals surface area (Å²) in [5.74, 6) is 0. The van der Waals surface area contributed by atoms with Crippen molar-refractivity contribution in [3.8, 4) is 0 Å². The van der Waals surface area contributed by atoms with Crippen LogP contribution in [0.25, 0.3) is 0 Å². The Hall–Kier alpha value is -1.07. The quantitative estimate of drug-likeness (QED) is 0.744.